The van der Waals surface area contributed by atoms with E-state index in [2.05, 4.69) is 26.5 Å². The van der Waals surface area contributed by atoms with Gasteiger partial charge in [-0.15, -0.1) is 0 Å². The summed E-state index contributed by atoms with van der Waals surface area (Å²) in [5.41, 5.74) is 2.98. The van der Waals surface area contributed by atoms with Gasteiger partial charge in [0.1, 0.15) is 17.2 Å². The van der Waals surface area contributed by atoms with Crippen molar-refractivity contribution in [3.63, 3.8) is 0 Å². The molecule has 2 aromatic rings. The number of hydrazone groups is 1. The lowest BCUT2D eigenvalue weighted by molar-refractivity contribution is 0.0926. The Kier molecular flexibility index (Phi) is 3.66. The van der Waals surface area contributed by atoms with E-state index < -0.39 is 5.91 Å². The third-order valence-electron chi connectivity index (χ3n) is 2.22. The summed E-state index contributed by atoms with van der Waals surface area (Å²) in [6.45, 7) is 3.59. The van der Waals surface area contributed by atoms with Gasteiger partial charge in [-0.1, -0.05) is 0 Å². The molecular formula is C12H11BrN2O3. The second-order valence-electron chi connectivity index (χ2n) is 3.65. The van der Waals surface area contributed by atoms with Gasteiger partial charge >= 0.3 is 5.91 Å². The molecule has 2 aromatic heterocycles. The van der Waals surface area contributed by atoms with E-state index >= 15 is 0 Å². The summed E-state index contributed by atoms with van der Waals surface area (Å²) in [7, 11) is 0. The number of carbonyl (C=O) groups is 1. The number of nitrogens with one attached hydrogen (secondary N) is 1. The number of aryl methyl sites for hydroxylation is 1. The maximum Gasteiger partial charge on any atom is 0.307 e. The molecule has 0 unspecified atom stereocenters. The molecule has 1 amide bonds. The minimum absolute atomic E-state index is 0.189. The predicted molar refractivity (Wildman–Crippen MR) is 69.5 cm³/mol. The summed E-state index contributed by atoms with van der Waals surface area (Å²) in [4.78, 5) is 11.6. The van der Waals surface area contributed by atoms with Crippen LogP contribution in [0.3, 0.4) is 0 Å². The quantitative estimate of drug-likeness (QED) is 0.699. The Labute approximate surface area is 112 Å². The summed E-state index contributed by atoms with van der Waals surface area (Å²) >= 11 is 3.12. The van der Waals surface area contributed by atoms with Crippen LogP contribution in [0.1, 0.15) is 29.0 Å². The minimum Gasteiger partial charge on any atom is -0.460 e. The Morgan fingerprint density at radius 2 is 1.94 bits per heavy atom. The van der Waals surface area contributed by atoms with E-state index in [-0.39, 0.29) is 5.76 Å². The standard InChI is InChI=1S/C12H11BrN2O3/c1-7-3-4-9(17-7)8(2)14-15-12(16)10-5-6-11(13)18-10/h3-6H,1-2H3,(H,15,16)/b14-8+. The number of halogens is 1. The average molecular weight is 311 g/mol. The molecule has 0 aliphatic carbocycles. The third-order valence-corrected chi connectivity index (χ3v) is 2.65. The Morgan fingerprint density at radius 1 is 1.22 bits per heavy atom. The maximum absolute atomic E-state index is 11.6. The van der Waals surface area contributed by atoms with Crippen molar-refractivity contribution in [2.24, 2.45) is 5.10 Å². The molecule has 2 heterocycles. The van der Waals surface area contributed by atoms with Gasteiger partial charge in [0.25, 0.3) is 0 Å². The van der Waals surface area contributed by atoms with Crippen LogP contribution in [0, 0.1) is 6.92 Å². The zero-order chi connectivity index (χ0) is 13.1. The molecule has 6 heteroatoms. The van der Waals surface area contributed by atoms with Crippen LogP contribution < -0.4 is 5.43 Å². The van der Waals surface area contributed by atoms with Crippen LogP contribution >= 0.6 is 15.9 Å². The number of hydrogen-bond acceptors (Lipinski definition) is 4. The second kappa shape index (κ2) is 5.22. The van der Waals surface area contributed by atoms with E-state index in [0.29, 0.717) is 16.1 Å². The molecule has 0 aliphatic rings. The molecule has 1 N–H and O–H groups in total. The summed E-state index contributed by atoms with van der Waals surface area (Å²) in [6, 6.07) is 6.83. The minimum atomic E-state index is -0.414. The Hall–Kier alpha value is -1.82. The monoisotopic (exact) mass is 310 g/mol. The Bertz CT molecular complexity index is 598. The Balaban J connectivity index is 2.04. The SMILES string of the molecule is C/C(=N\NC(=O)c1ccc(Br)o1)c1ccc(C)o1. The first-order valence-electron chi connectivity index (χ1n) is 5.23. The fourth-order valence-electron chi connectivity index (χ4n) is 1.31. The number of hydrogen-bond donors (Lipinski definition) is 1. The molecule has 0 saturated carbocycles. The molecule has 18 heavy (non-hydrogen) atoms. The Morgan fingerprint density at radius 3 is 2.50 bits per heavy atom. The molecule has 0 bridgehead atoms. The predicted octanol–water partition coefficient (Wildman–Crippen LogP) is 3.10. The average Bonchev–Trinajstić information content (AvgIpc) is 2.94. The van der Waals surface area contributed by atoms with Crippen molar-refractivity contribution in [2.45, 2.75) is 13.8 Å². The summed E-state index contributed by atoms with van der Waals surface area (Å²) in [5, 5.41) is 3.94. The fraction of sp³-hybridized carbons (Fsp3) is 0.167. The van der Waals surface area contributed by atoms with Gasteiger partial charge in [0, 0.05) is 0 Å². The molecule has 94 valence electrons. The van der Waals surface area contributed by atoms with Gasteiger partial charge in [-0.25, -0.2) is 5.43 Å². The molecule has 0 fully saturated rings. The van der Waals surface area contributed by atoms with Crippen LogP contribution in [0.2, 0.25) is 0 Å². The zero-order valence-corrected chi connectivity index (χ0v) is 11.4. The van der Waals surface area contributed by atoms with Crippen LogP contribution in [-0.2, 0) is 0 Å². The lowest BCUT2D eigenvalue weighted by Crippen LogP contribution is -2.18. The first kappa shape index (κ1) is 12.6. The van der Waals surface area contributed by atoms with Crippen molar-refractivity contribution in [3.05, 3.63) is 46.2 Å². The lowest BCUT2D eigenvalue weighted by Gasteiger charge is -1.98. The highest BCUT2D eigenvalue weighted by Gasteiger charge is 2.10. The second-order valence-corrected chi connectivity index (χ2v) is 4.43. The zero-order valence-electron chi connectivity index (χ0n) is 9.86. The molecule has 0 radical (unpaired) electrons. The number of amides is 1. The van der Waals surface area contributed by atoms with Gasteiger partial charge in [-0.3, -0.25) is 4.79 Å². The largest absolute Gasteiger partial charge is 0.460 e. The molecule has 0 saturated heterocycles. The third kappa shape index (κ3) is 2.89. The normalized spacial score (nSPS) is 11.6. The molecule has 0 spiro atoms. The summed E-state index contributed by atoms with van der Waals surface area (Å²) < 4.78 is 11.0. The summed E-state index contributed by atoms with van der Waals surface area (Å²) in [5.74, 6) is 1.19. The van der Waals surface area contributed by atoms with Gasteiger partial charge in [-0.2, -0.15) is 5.10 Å². The maximum atomic E-state index is 11.6. The van der Waals surface area contributed by atoms with E-state index in [9.17, 15) is 4.79 Å². The van der Waals surface area contributed by atoms with Crippen LogP contribution in [0.25, 0.3) is 0 Å². The highest BCUT2D eigenvalue weighted by molar-refractivity contribution is 9.10. The first-order valence-corrected chi connectivity index (χ1v) is 6.02. The number of rotatable bonds is 3. The highest BCUT2D eigenvalue weighted by Crippen LogP contribution is 2.13. The van der Waals surface area contributed by atoms with E-state index in [4.69, 9.17) is 8.83 Å². The molecule has 0 aromatic carbocycles. The van der Waals surface area contributed by atoms with Gasteiger partial charge in [0.15, 0.2) is 10.4 Å². The van der Waals surface area contributed by atoms with E-state index in [0.717, 1.165) is 5.76 Å². The van der Waals surface area contributed by atoms with Crippen LogP contribution in [0.15, 0.2) is 42.9 Å². The molecule has 0 aliphatic heterocycles. The van der Waals surface area contributed by atoms with Gasteiger partial charge < -0.3 is 8.83 Å². The molecule has 5 nitrogen and oxygen atoms in total. The lowest BCUT2D eigenvalue weighted by atomic mass is 10.3. The van der Waals surface area contributed by atoms with Gasteiger partial charge in [-0.05, 0) is 54.0 Å². The van der Waals surface area contributed by atoms with E-state index in [1.54, 1.807) is 25.1 Å². The van der Waals surface area contributed by atoms with Gasteiger partial charge in [0.2, 0.25) is 0 Å². The smallest absolute Gasteiger partial charge is 0.307 e. The molecule has 0 atom stereocenters. The van der Waals surface area contributed by atoms with Crippen LogP contribution in [0.5, 0.6) is 0 Å². The van der Waals surface area contributed by atoms with E-state index in [1.165, 1.54) is 0 Å². The topological polar surface area (TPSA) is 67.7 Å². The van der Waals surface area contributed by atoms with Crippen molar-refractivity contribution in [1.29, 1.82) is 0 Å². The van der Waals surface area contributed by atoms with E-state index in [1.807, 2.05) is 13.0 Å². The fourth-order valence-corrected chi connectivity index (χ4v) is 1.62. The van der Waals surface area contributed by atoms with Crippen molar-refractivity contribution in [3.8, 4) is 0 Å². The molecular weight excluding hydrogens is 300 g/mol. The van der Waals surface area contributed by atoms with Crippen molar-refractivity contribution in [1.82, 2.24) is 5.43 Å². The summed E-state index contributed by atoms with van der Waals surface area (Å²) in [6.07, 6.45) is 0. The first-order chi connectivity index (χ1) is 8.56. The number of nitrogens with zero attached hydrogens (tertiary/aromatic N) is 1. The van der Waals surface area contributed by atoms with Crippen molar-refractivity contribution < 1.29 is 13.6 Å². The number of furan rings is 2. The molecule has 2 rings (SSSR count). The van der Waals surface area contributed by atoms with Gasteiger partial charge in [0.05, 0.1) is 0 Å². The number of carbonyl (C=O) groups excluding carboxylic acids is 1. The van der Waals surface area contributed by atoms with Crippen molar-refractivity contribution >= 4 is 27.5 Å². The van der Waals surface area contributed by atoms with Crippen molar-refractivity contribution in [2.75, 3.05) is 0 Å². The van der Waals surface area contributed by atoms with Crippen LogP contribution in [0.4, 0.5) is 0 Å². The highest BCUT2D eigenvalue weighted by atomic mass is 79.9. The van der Waals surface area contributed by atoms with Crippen LogP contribution in [-0.4, -0.2) is 11.6 Å².